The van der Waals surface area contributed by atoms with Crippen LogP contribution in [0.15, 0.2) is 94.4 Å². The number of ether oxygens (including phenoxy) is 4. The number of methoxy groups -OCH3 is 1. The molecule has 7 rings (SSSR count). The summed E-state index contributed by atoms with van der Waals surface area (Å²) in [4.78, 5) is 40.2. The fourth-order valence-electron chi connectivity index (χ4n) is 8.24. The van der Waals surface area contributed by atoms with E-state index in [-0.39, 0.29) is 81.8 Å². The molecule has 16 nitrogen and oxygen atoms in total. The van der Waals surface area contributed by atoms with Crippen molar-refractivity contribution in [2.75, 3.05) is 90.5 Å². The third-order valence-electron chi connectivity index (χ3n) is 11.8. The van der Waals surface area contributed by atoms with Crippen LogP contribution >= 0.6 is 0 Å². The summed E-state index contributed by atoms with van der Waals surface area (Å²) in [7, 11) is 3.55. The van der Waals surface area contributed by atoms with Crippen LogP contribution in [0.3, 0.4) is 0 Å². The SMILES string of the molecule is COc1cc(C(=O)NCCOCCOCCNC(=O)COc2cccc(Cn3cc(-c4c(C)noc4C)ccc3=O)c2)ccc1NCC#Cc1cc2c(NC3CCN(C)CC3)cccc2n1CC(F)(F)F. The summed E-state index contributed by atoms with van der Waals surface area (Å²) in [5.41, 5.74) is 5.49. The van der Waals surface area contributed by atoms with Crippen molar-refractivity contribution in [3.05, 3.63) is 124 Å². The fraction of sp³-hybridized carbons (Fsp3) is 0.385. The van der Waals surface area contributed by atoms with Crippen LogP contribution in [0.1, 0.15) is 45.9 Å². The van der Waals surface area contributed by atoms with Crippen molar-refractivity contribution in [1.29, 1.82) is 0 Å². The summed E-state index contributed by atoms with van der Waals surface area (Å²) in [6.45, 7) is 6.18. The first-order valence-electron chi connectivity index (χ1n) is 23.4. The molecule has 0 radical (unpaired) electrons. The predicted octanol–water partition coefficient (Wildman–Crippen LogP) is 6.62. The number of fused-ring (bicyclic) bond motifs is 1. The van der Waals surface area contributed by atoms with Gasteiger partial charge in [-0.3, -0.25) is 14.4 Å². The molecule has 4 heterocycles. The molecule has 0 atom stereocenters. The lowest BCUT2D eigenvalue weighted by atomic mass is 10.0. The van der Waals surface area contributed by atoms with Gasteiger partial charge in [-0.15, -0.1) is 0 Å². The zero-order valence-electron chi connectivity index (χ0n) is 40.2. The number of alkyl halides is 3. The molecule has 3 aromatic heterocycles. The third kappa shape index (κ3) is 14.6. The number of anilines is 2. The molecule has 376 valence electrons. The Labute approximate surface area is 409 Å². The van der Waals surface area contributed by atoms with Gasteiger partial charge in [0.05, 0.1) is 69.2 Å². The van der Waals surface area contributed by atoms with E-state index in [2.05, 4.69) is 50.2 Å². The van der Waals surface area contributed by atoms with Crippen molar-refractivity contribution in [2.45, 2.75) is 52.0 Å². The van der Waals surface area contributed by atoms with Gasteiger partial charge in [0.15, 0.2) is 6.61 Å². The number of aryl methyl sites for hydroxylation is 2. The molecular weight excluding hydrogens is 922 g/mol. The Morgan fingerprint density at radius 2 is 1.66 bits per heavy atom. The maximum absolute atomic E-state index is 13.8. The van der Waals surface area contributed by atoms with E-state index < -0.39 is 12.7 Å². The van der Waals surface area contributed by atoms with Crippen LogP contribution in [0.4, 0.5) is 24.5 Å². The lowest BCUT2D eigenvalue weighted by Gasteiger charge is -2.30. The second kappa shape index (κ2) is 24.5. The van der Waals surface area contributed by atoms with Crippen LogP contribution in [0.5, 0.6) is 11.5 Å². The molecule has 0 saturated carbocycles. The predicted molar refractivity (Wildman–Crippen MR) is 264 cm³/mol. The zero-order valence-corrected chi connectivity index (χ0v) is 40.2. The van der Waals surface area contributed by atoms with E-state index in [4.69, 9.17) is 23.5 Å². The number of piperidine rings is 1. The van der Waals surface area contributed by atoms with Crippen molar-refractivity contribution in [1.82, 2.24) is 29.8 Å². The Bertz CT molecular complexity index is 2870. The topological polar surface area (TPSA) is 175 Å². The highest BCUT2D eigenvalue weighted by molar-refractivity contribution is 5.95. The second-order valence-corrected chi connectivity index (χ2v) is 17.1. The van der Waals surface area contributed by atoms with E-state index in [1.807, 2.05) is 26.0 Å². The number of amides is 2. The smallest absolute Gasteiger partial charge is 0.406 e. The molecule has 0 unspecified atom stereocenters. The lowest BCUT2D eigenvalue weighted by Crippen LogP contribution is -2.36. The number of benzene rings is 3. The van der Waals surface area contributed by atoms with E-state index in [9.17, 15) is 27.6 Å². The Balaban J connectivity index is 0.776. The van der Waals surface area contributed by atoms with Crippen LogP contribution in [0, 0.1) is 25.7 Å². The number of hydrogen-bond donors (Lipinski definition) is 4. The highest BCUT2D eigenvalue weighted by atomic mass is 19.4. The number of aromatic nitrogens is 3. The number of hydrogen-bond acceptors (Lipinski definition) is 12. The van der Waals surface area contributed by atoms with Gasteiger partial charge in [0.25, 0.3) is 17.4 Å². The summed E-state index contributed by atoms with van der Waals surface area (Å²) < 4.78 is 71.7. The van der Waals surface area contributed by atoms with Gasteiger partial charge in [0.2, 0.25) is 0 Å². The second-order valence-electron chi connectivity index (χ2n) is 17.1. The van der Waals surface area contributed by atoms with Gasteiger partial charge in [0.1, 0.15) is 23.8 Å². The molecule has 4 N–H and O–H groups in total. The third-order valence-corrected chi connectivity index (χ3v) is 11.8. The molecular formula is C52H59F3N8O8. The molecule has 1 aliphatic rings. The van der Waals surface area contributed by atoms with Crippen molar-refractivity contribution in [2.24, 2.45) is 0 Å². The summed E-state index contributed by atoms with van der Waals surface area (Å²) in [6, 6.07) is 22.6. The highest BCUT2D eigenvalue weighted by Crippen LogP contribution is 2.32. The normalized spacial score (nSPS) is 13.1. The van der Waals surface area contributed by atoms with Gasteiger partial charge >= 0.3 is 6.18 Å². The van der Waals surface area contributed by atoms with Gasteiger partial charge in [-0.25, -0.2) is 0 Å². The minimum absolute atomic E-state index is 0.105. The molecule has 0 spiro atoms. The number of likely N-dealkylation sites (tertiary alicyclic amines) is 1. The minimum atomic E-state index is -4.44. The van der Waals surface area contributed by atoms with Crippen LogP contribution in [0.2, 0.25) is 0 Å². The first kappa shape index (κ1) is 51.6. The first-order valence-corrected chi connectivity index (χ1v) is 23.4. The molecule has 71 heavy (non-hydrogen) atoms. The molecule has 1 saturated heterocycles. The van der Waals surface area contributed by atoms with Crippen molar-refractivity contribution in [3.63, 3.8) is 0 Å². The molecule has 2 amide bonds. The summed E-state index contributed by atoms with van der Waals surface area (Å²) in [5, 5.41) is 16.9. The summed E-state index contributed by atoms with van der Waals surface area (Å²) in [5.74, 6) is 6.78. The van der Waals surface area contributed by atoms with E-state index in [1.54, 1.807) is 71.4 Å². The molecule has 0 bridgehead atoms. The van der Waals surface area contributed by atoms with Crippen LogP contribution in [0.25, 0.3) is 22.0 Å². The van der Waals surface area contributed by atoms with Crippen molar-refractivity contribution < 1.29 is 46.2 Å². The van der Waals surface area contributed by atoms with Crippen LogP contribution in [-0.4, -0.2) is 123 Å². The molecule has 6 aromatic rings. The maximum atomic E-state index is 13.8. The number of halogens is 3. The van der Waals surface area contributed by atoms with Crippen molar-refractivity contribution in [3.8, 4) is 34.5 Å². The average molecular weight is 981 g/mol. The highest BCUT2D eigenvalue weighted by Gasteiger charge is 2.30. The van der Waals surface area contributed by atoms with Crippen molar-refractivity contribution >= 4 is 34.1 Å². The Kier molecular flexibility index (Phi) is 17.8. The fourth-order valence-corrected chi connectivity index (χ4v) is 8.24. The van der Waals surface area contributed by atoms with E-state index in [1.165, 1.54) is 17.7 Å². The van der Waals surface area contributed by atoms with Gasteiger partial charge in [-0.05, 0) is 113 Å². The number of rotatable bonds is 22. The standard InChI is InChI=1S/C52H59F3N8O8/c1-35-50(36(2)71-60-35)39-14-16-49(65)62(32-39)31-37-8-5-10-42(28-37)70-33-48(64)57-20-24-68-26-27-69-25-21-58-51(66)38-13-15-45(47(29-38)67-4)56-19-7-9-41-30-43-44(59-40-17-22-61(3)23-18-40)11-6-12-46(43)63(41)34-52(53,54)55/h5-6,8,10-16,28-30,32,40,56,59H,17-27,31,33-34H2,1-4H3,(H,57,64)(H,58,66). The molecule has 3 aromatic carbocycles. The number of nitrogens with zero attached hydrogens (tertiary/aromatic N) is 4. The molecule has 1 fully saturated rings. The number of carbonyl (C=O) groups excluding carboxylic acids is 2. The van der Waals surface area contributed by atoms with E-state index in [0.717, 1.165) is 54.0 Å². The Hall–Kier alpha value is -7.27. The molecule has 19 heteroatoms. The minimum Gasteiger partial charge on any atom is -0.495 e. The summed E-state index contributed by atoms with van der Waals surface area (Å²) in [6.07, 6.45) is -0.779. The summed E-state index contributed by atoms with van der Waals surface area (Å²) >= 11 is 0. The van der Waals surface area contributed by atoms with Gasteiger partial charge in [-0.1, -0.05) is 29.3 Å². The number of nitrogens with one attached hydrogen (secondary N) is 4. The van der Waals surface area contributed by atoms with Crippen LogP contribution in [-0.2, 0) is 27.4 Å². The van der Waals surface area contributed by atoms with E-state index >= 15 is 0 Å². The van der Waals surface area contributed by atoms with Gasteiger partial charge in [0, 0.05) is 59.2 Å². The zero-order chi connectivity index (χ0) is 50.3. The number of pyridine rings is 1. The van der Waals surface area contributed by atoms with Gasteiger partial charge < -0.3 is 58.8 Å². The van der Waals surface area contributed by atoms with Crippen LogP contribution < -0.4 is 36.3 Å². The largest absolute Gasteiger partial charge is 0.495 e. The van der Waals surface area contributed by atoms with E-state index in [0.29, 0.717) is 46.0 Å². The Morgan fingerprint density at radius 1 is 0.901 bits per heavy atom. The monoisotopic (exact) mass is 980 g/mol. The average Bonchev–Trinajstić information content (AvgIpc) is 3.88. The first-order chi connectivity index (χ1) is 34.2. The molecule has 0 aliphatic carbocycles. The lowest BCUT2D eigenvalue weighted by molar-refractivity contribution is -0.140. The molecule has 1 aliphatic heterocycles. The maximum Gasteiger partial charge on any atom is 0.406 e. The van der Waals surface area contributed by atoms with Gasteiger partial charge in [-0.2, -0.15) is 13.2 Å². The quantitative estimate of drug-likeness (QED) is 0.0424. The Morgan fingerprint density at radius 3 is 2.39 bits per heavy atom. The number of carbonyl (C=O) groups is 2.